The molecule has 2 aromatic rings. The van der Waals surface area contributed by atoms with Crippen LogP contribution in [0.4, 0.5) is 28.9 Å². The standard InChI is InChI=1S/2C24H40F2N.2C5H5.Ti/c2*1-2-3-4-5-6-7-8-9-10-11-12-13-14-15-16-17-20-27-24-19-18-22(25)21-23(24)26;2*1-2-4-5-3-1;/h2*18-19,27H,2-17,20H2,1H3;2*1-5H;. The Morgan fingerprint density at radius 2 is 0.600 bits per heavy atom. The Morgan fingerprint density at radius 1 is 0.354 bits per heavy atom. The van der Waals surface area contributed by atoms with Crippen LogP contribution in [0.2, 0.25) is 8.45 Å². The molecule has 7 heteroatoms. The van der Waals surface area contributed by atoms with Gasteiger partial charge in [0.2, 0.25) is 0 Å². The fourth-order valence-corrected chi connectivity index (χ4v) is 19.2. The number of nitrogens with one attached hydrogen (secondary N) is 2. The second kappa shape index (κ2) is 33.8. The molecule has 0 radical (unpaired) electrons. The fourth-order valence-electron chi connectivity index (χ4n) is 10.4. The first-order chi connectivity index (χ1) is 32.0. The molecule has 0 aromatic heterocycles. The number of unbranched alkanes of at least 4 members (excludes halogenated alkanes) is 30. The van der Waals surface area contributed by atoms with Gasteiger partial charge in [0, 0.05) is 0 Å². The Labute approximate surface area is 398 Å². The summed E-state index contributed by atoms with van der Waals surface area (Å²) in [6, 6.07) is 5.51. The number of hydrogen-bond donors (Lipinski definition) is 2. The Morgan fingerprint density at radius 3 is 0.862 bits per heavy atom. The maximum absolute atomic E-state index is 17.2. The van der Waals surface area contributed by atoms with Crippen LogP contribution in [-0.4, -0.2) is 13.1 Å². The van der Waals surface area contributed by atoms with Crippen molar-refractivity contribution in [2.75, 3.05) is 23.7 Å². The Kier molecular flexibility index (Phi) is 28.6. The Hall–Kier alpha value is -2.57. The third-order valence-electron chi connectivity index (χ3n) is 14.2. The maximum atomic E-state index is 17.2. The van der Waals surface area contributed by atoms with Gasteiger partial charge in [0.25, 0.3) is 0 Å². The molecule has 0 fully saturated rings. The number of hydrogen-bond acceptors (Lipinski definition) is 2. The molecule has 0 atom stereocenters. The van der Waals surface area contributed by atoms with Crippen molar-refractivity contribution in [3.63, 3.8) is 0 Å². The van der Waals surface area contributed by atoms with Gasteiger partial charge in [-0.25, -0.2) is 0 Å². The average molecular weight is 939 g/mol. The summed E-state index contributed by atoms with van der Waals surface area (Å²) in [6.07, 6.45) is 55.9. The topological polar surface area (TPSA) is 24.1 Å². The van der Waals surface area contributed by atoms with Gasteiger partial charge in [-0.05, 0) is 0 Å². The predicted molar refractivity (Wildman–Crippen MR) is 272 cm³/mol. The number of allylic oxidation sites excluding steroid dienone is 8. The second-order valence-corrected chi connectivity index (χ2v) is 25.8. The van der Waals surface area contributed by atoms with Gasteiger partial charge in [0.1, 0.15) is 0 Å². The van der Waals surface area contributed by atoms with Gasteiger partial charge in [-0.2, -0.15) is 0 Å². The van der Waals surface area contributed by atoms with E-state index in [4.69, 9.17) is 0 Å². The van der Waals surface area contributed by atoms with Crippen LogP contribution >= 0.6 is 0 Å². The van der Waals surface area contributed by atoms with Crippen molar-refractivity contribution in [2.45, 2.75) is 228 Å². The second-order valence-electron chi connectivity index (χ2n) is 19.5. The molecule has 0 saturated carbocycles. The van der Waals surface area contributed by atoms with Gasteiger partial charge in [-0.3, -0.25) is 0 Å². The van der Waals surface area contributed by atoms with Crippen LogP contribution in [0.25, 0.3) is 0 Å². The van der Waals surface area contributed by atoms with Gasteiger partial charge in [-0.15, -0.1) is 0 Å². The summed E-state index contributed by atoms with van der Waals surface area (Å²) in [5.41, 5.74) is 0.403. The Balaban J connectivity index is 1.29. The molecule has 0 saturated heterocycles. The molecule has 4 rings (SSSR count). The quantitative estimate of drug-likeness (QED) is 0.0395. The van der Waals surface area contributed by atoms with Crippen molar-refractivity contribution in [3.8, 4) is 0 Å². The van der Waals surface area contributed by atoms with E-state index in [0.29, 0.717) is 13.1 Å². The van der Waals surface area contributed by atoms with Crippen molar-refractivity contribution in [1.82, 2.24) is 0 Å². The van der Waals surface area contributed by atoms with Crippen molar-refractivity contribution < 1.29 is 34.2 Å². The average Bonchev–Trinajstić information content (AvgIpc) is 4.06. The van der Waals surface area contributed by atoms with Crippen LogP contribution in [0.3, 0.4) is 0 Å². The van der Waals surface area contributed by atoms with E-state index < -0.39 is 48.3 Å². The summed E-state index contributed by atoms with van der Waals surface area (Å²) in [7, 11) is 0. The zero-order valence-electron chi connectivity index (χ0n) is 41.1. The summed E-state index contributed by atoms with van der Waals surface area (Å²) >= 11 is -4.83. The van der Waals surface area contributed by atoms with Gasteiger partial charge < -0.3 is 0 Å². The minimum atomic E-state index is -4.83. The third kappa shape index (κ3) is 18.8. The van der Waals surface area contributed by atoms with Gasteiger partial charge >= 0.3 is 271 Å². The van der Waals surface area contributed by atoms with Crippen molar-refractivity contribution >= 4 is 19.1 Å². The van der Waals surface area contributed by atoms with Crippen LogP contribution in [0.1, 0.15) is 219 Å². The zero-order chi connectivity index (χ0) is 46.2. The molecular weight excluding hydrogens is 849 g/mol. The normalized spacial score (nSPS) is 13.9. The summed E-state index contributed by atoms with van der Waals surface area (Å²) in [6.45, 7) is 5.64. The van der Waals surface area contributed by atoms with Gasteiger partial charge in [0.05, 0.1) is 0 Å². The fraction of sp³-hybridized carbons (Fsp3) is 0.655. The molecule has 0 unspecified atom stereocenters. The first-order valence-corrected chi connectivity index (χ1v) is 30.5. The molecule has 2 nitrogen and oxygen atoms in total. The van der Waals surface area contributed by atoms with E-state index in [1.54, 1.807) is 0 Å². The van der Waals surface area contributed by atoms with Crippen LogP contribution in [-0.2, 0) is 16.6 Å². The van der Waals surface area contributed by atoms with Crippen LogP contribution in [0, 0.1) is 23.3 Å². The van der Waals surface area contributed by atoms with E-state index in [1.165, 1.54) is 191 Å². The molecule has 65 heavy (non-hydrogen) atoms. The van der Waals surface area contributed by atoms with E-state index in [9.17, 15) is 0 Å². The first kappa shape index (κ1) is 55.0. The molecule has 0 aliphatic heterocycles. The van der Waals surface area contributed by atoms with Crippen LogP contribution in [0.15, 0.2) is 72.9 Å². The molecule has 2 aliphatic rings. The molecule has 2 N–H and O–H groups in total. The molecule has 2 aliphatic carbocycles. The molecule has 0 heterocycles. The monoisotopic (exact) mass is 939 g/mol. The number of rotatable bonds is 40. The van der Waals surface area contributed by atoms with Gasteiger partial charge in [0.15, 0.2) is 0 Å². The SMILES string of the molecule is CCCCCCCCCCCCCCCCCCNc1ccc(F)[c]([Ti]([c]2c(F)ccc(NCCCCCCCCCCCCCCCCCC)c2F)([CH]2C=CC=C2)[CH]2C=CC=C2)c1F. The van der Waals surface area contributed by atoms with Crippen molar-refractivity contribution in [1.29, 1.82) is 0 Å². The number of anilines is 2. The molecule has 0 bridgehead atoms. The molecule has 364 valence electrons. The Bertz CT molecular complexity index is 1550. The number of benzene rings is 2. The third-order valence-corrected chi connectivity index (χ3v) is 22.8. The van der Waals surface area contributed by atoms with Gasteiger partial charge in [-0.1, -0.05) is 129 Å². The zero-order valence-corrected chi connectivity index (χ0v) is 42.7. The summed E-state index contributed by atoms with van der Waals surface area (Å²) < 4.78 is 66.3. The van der Waals surface area contributed by atoms with E-state index >= 15 is 17.6 Å². The summed E-state index contributed by atoms with van der Waals surface area (Å²) in [5.74, 6) is -2.89. The molecule has 0 spiro atoms. The van der Waals surface area contributed by atoms with E-state index in [1.807, 2.05) is 48.6 Å². The predicted octanol–water partition coefficient (Wildman–Crippen LogP) is 18.5. The van der Waals surface area contributed by atoms with E-state index in [0.717, 1.165) is 38.5 Å². The van der Waals surface area contributed by atoms with E-state index in [2.05, 4.69) is 24.5 Å². The summed E-state index contributed by atoms with van der Waals surface area (Å²) in [4.78, 5) is 0. The number of halogens is 4. The minimum absolute atomic E-state index is 0.128. The van der Waals surface area contributed by atoms with E-state index in [-0.39, 0.29) is 19.1 Å². The van der Waals surface area contributed by atoms with Crippen LogP contribution < -0.4 is 18.4 Å². The first-order valence-electron chi connectivity index (χ1n) is 27.1. The molecule has 0 amide bonds. The van der Waals surface area contributed by atoms with Crippen LogP contribution in [0.5, 0.6) is 0 Å². The molecular formula is C58H90F4N2Ti. The summed E-state index contributed by atoms with van der Waals surface area (Å²) in [5, 5.41) is 6.53. The van der Waals surface area contributed by atoms with Crippen molar-refractivity contribution in [2.24, 2.45) is 0 Å². The molecule has 2 aromatic carbocycles. The van der Waals surface area contributed by atoms with Crippen molar-refractivity contribution in [3.05, 3.63) is 96.1 Å².